The van der Waals surface area contributed by atoms with Gasteiger partial charge in [0.05, 0.1) is 24.9 Å². The van der Waals surface area contributed by atoms with Crippen LogP contribution in [-0.4, -0.2) is 45.3 Å². The molecule has 0 aliphatic heterocycles. The third-order valence-electron chi connectivity index (χ3n) is 8.99. The summed E-state index contributed by atoms with van der Waals surface area (Å²) in [7, 11) is 0. The molecule has 0 aromatic heterocycles. The Bertz CT molecular complexity index is 574. The second-order valence-electron chi connectivity index (χ2n) is 9.60. The lowest BCUT2D eigenvalue weighted by Crippen LogP contribution is -2.61. The van der Waals surface area contributed by atoms with Gasteiger partial charge in [-0.05, 0) is 67.6 Å². The quantitative estimate of drug-likeness (QED) is 0.582. The molecule has 4 aliphatic carbocycles. The van der Waals surface area contributed by atoms with Gasteiger partial charge in [0.1, 0.15) is 0 Å². The lowest BCUT2D eigenvalue weighted by Gasteiger charge is -2.64. The number of fused-ring (bicyclic) bond motifs is 2. The van der Waals surface area contributed by atoms with Crippen molar-refractivity contribution in [3.05, 3.63) is 11.6 Å². The highest BCUT2D eigenvalue weighted by Gasteiger charge is 2.68. The molecule has 4 heteroatoms. The van der Waals surface area contributed by atoms with E-state index in [2.05, 4.69) is 19.9 Å². The zero-order valence-electron chi connectivity index (χ0n) is 15.0. The monoisotopic (exact) mass is 336 g/mol. The van der Waals surface area contributed by atoms with E-state index in [0.29, 0.717) is 6.42 Å². The van der Waals surface area contributed by atoms with Crippen molar-refractivity contribution in [2.75, 3.05) is 13.2 Å². The molecule has 0 aromatic carbocycles. The minimum atomic E-state index is -0.927. The van der Waals surface area contributed by atoms with Gasteiger partial charge in [0.2, 0.25) is 0 Å². The van der Waals surface area contributed by atoms with Crippen LogP contribution in [-0.2, 0) is 0 Å². The van der Waals surface area contributed by atoms with Gasteiger partial charge in [-0.3, -0.25) is 0 Å². The fraction of sp³-hybridized carbons (Fsp3) is 0.900. The molecule has 4 nitrogen and oxygen atoms in total. The van der Waals surface area contributed by atoms with Crippen LogP contribution < -0.4 is 0 Å². The summed E-state index contributed by atoms with van der Waals surface area (Å²) in [5.41, 5.74) is 0.237. The number of aliphatic hydroxyl groups is 4. The Labute approximate surface area is 144 Å². The van der Waals surface area contributed by atoms with Gasteiger partial charge in [0.25, 0.3) is 0 Å². The van der Waals surface area contributed by atoms with Crippen LogP contribution in [0.5, 0.6) is 0 Å². The smallest absolute Gasteiger partial charge is 0.0909 e. The number of aliphatic hydroxyl groups excluding tert-OH is 3. The summed E-state index contributed by atoms with van der Waals surface area (Å²) in [6.45, 7) is 4.30. The van der Waals surface area contributed by atoms with Crippen LogP contribution in [0, 0.1) is 28.1 Å². The molecule has 0 radical (unpaired) electrons. The standard InChI is InChI=1S/C20H32O4/c1-17(11-21)15-4-3-13-9-14-10-19(13,7-8-20(14,24)12-22)18(15,2)6-5-16(17)23/h3,14-16,21-24H,4-12H2,1-2H3. The van der Waals surface area contributed by atoms with Crippen LogP contribution in [0.4, 0.5) is 0 Å². The highest BCUT2D eigenvalue weighted by molar-refractivity contribution is 5.34. The molecule has 4 N–H and O–H groups in total. The Hall–Kier alpha value is -0.420. The summed E-state index contributed by atoms with van der Waals surface area (Å²) >= 11 is 0. The highest BCUT2D eigenvalue weighted by Crippen LogP contribution is 2.73. The van der Waals surface area contributed by atoms with Gasteiger partial charge in [-0.1, -0.05) is 25.5 Å². The number of allylic oxidation sites excluding steroid dienone is 2. The fourth-order valence-electron chi connectivity index (χ4n) is 7.21. The Morgan fingerprint density at radius 3 is 2.54 bits per heavy atom. The first-order valence-electron chi connectivity index (χ1n) is 9.57. The molecule has 136 valence electrons. The molecule has 4 rings (SSSR count). The Morgan fingerprint density at radius 2 is 1.88 bits per heavy atom. The van der Waals surface area contributed by atoms with Gasteiger partial charge in [-0.2, -0.15) is 0 Å². The lowest BCUT2D eigenvalue weighted by atomic mass is 9.41. The Kier molecular flexibility index (Phi) is 3.59. The maximum absolute atomic E-state index is 10.8. The molecule has 24 heavy (non-hydrogen) atoms. The summed E-state index contributed by atoms with van der Waals surface area (Å²) in [6.07, 6.45) is 7.96. The molecular formula is C20H32O4. The van der Waals surface area contributed by atoms with Crippen molar-refractivity contribution < 1.29 is 20.4 Å². The number of hydrogen-bond donors (Lipinski definition) is 4. The van der Waals surface area contributed by atoms with Gasteiger partial charge in [0, 0.05) is 5.41 Å². The predicted molar refractivity (Wildman–Crippen MR) is 91.2 cm³/mol. The summed E-state index contributed by atoms with van der Waals surface area (Å²) in [4.78, 5) is 0. The highest BCUT2D eigenvalue weighted by atomic mass is 16.3. The number of hydrogen-bond acceptors (Lipinski definition) is 4. The number of rotatable bonds is 2. The Balaban J connectivity index is 1.78. The Morgan fingerprint density at radius 1 is 1.12 bits per heavy atom. The van der Waals surface area contributed by atoms with Crippen LogP contribution in [0.1, 0.15) is 58.8 Å². The molecule has 0 heterocycles. The van der Waals surface area contributed by atoms with Gasteiger partial charge in [-0.25, -0.2) is 0 Å². The molecule has 3 fully saturated rings. The van der Waals surface area contributed by atoms with E-state index in [4.69, 9.17) is 0 Å². The molecule has 7 unspecified atom stereocenters. The summed E-state index contributed by atoms with van der Waals surface area (Å²) in [5.74, 6) is 0.409. The molecule has 3 saturated carbocycles. The van der Waals surface area contributed by atoms with E-state index in [1.807, 2.05) is 0 Å². The maximum Gasteiger partial charge on any atom is 0.0909 e. The van der Waals surface area contributed by atoms with E-state index < -0.39 is 17.1 Å². The summed E-state index contributed by atoms with van der Waals surface area (Å²) in [5, 5.41) is 41.3. The van der Waals surface area contributed by atoms with Gasteiger partial charge in [0.15, 0.2) is 0 Å². The van der Waals surface area contributed by atoms with Gasteiger partial charge in [-0.15, -0.1) is 0 Å². The molecule has 7 atom stereocenters. The average molecular weight is 336 g/mol. The predicted octanol–water partition coefficient (Wildman–Crippen LogP) is 2.01. The SMILES string of the molecule is CC1(CO)C(O)CCC2(C)C1CC=C1CC3CC12CCC3(O)CO. The van der Waals surface area contributed by atoms with Crippen molar-refractivity contribution >= 4 is 0 Å². The van der Waals surface area contributed by atoms with Crippen LogP contribution >= 0.6 is 0 Å². The summed E-state index contributed by atoms with van der Waals surface area (Å²) in [6, 6.07) is 0. The van der Waals surface area contributed by atoms with Crippen molar-refractivity contribution in [1.29, 1.82) is 0 Å². The van der Waals surface area contributed by atoms with Crippen molar-refractivity contribution in [3.8, 4) is 0 Å². The minimum Gasteiger partial charge on any atom is -0.396 e. The normalized spacial score (nSPS) is 56.4. The summed E-state index contributed by atoms with van der Waals surface area (Å²) < 4.78 is 0. The molecule has 0 amide bonds. The second-order valence-corrected chi connectivity index (χ2v) is 9.60. The van der Waals surface area contributed by atoms with Crippen molar-refractivity contribution in [1.82, 2.24) is 0 Å². The molecule has 4 aliphatic rings. The van der Waals surface area contributed by atoms with Gasteiger partial charge >= 0.3 is 0 Å². The van der Waals surface area contributed by atoms with Crippen molar-refractivity contribution in [2.24, 2.45) is 28.1 Å². The van der Waals surface area contributed by atoms with Crippen LogP contribution in [0.25, 0.3) is 0 Å². The van der Waals surface area contributed by atoms with Crippen molar-refractivity contribution in [2.45, 2.75) is 70.5 Å². The average Bonchev–Trinajstić information content (AvgIpc) is 2.93. The van der Waals surface area contributed by atoms with Crippen LogP contribution in [0.2, 0.25) is 0 Å². The lowest BCUT2D eigenvalue weighted by molar-refractivity contribution is -0.184. The van der Waals surface area contributed by atoms with E-state index in [0.717, 1.165) is 38.5 Å². The third-order valence-corrected chi connectivity index (χ3v) is 8.99. The molecule has 0 aromatic rings. The minimum absolute atomic E-state index is 0.0255. The first-order valence-corrected chi connectivity index (χ1v) is 9.57. The van der Waals surface area contributed by atoms with E-state index in [1.54, 1.807) is 0 Å². The zero-order chi connectivity index (χ0) is 17.4. The van der Waals surface area contributed by atoms with Crippen LogP contribution in [0.15, 0.2) is 11.6 Å². The van der Waals surface area contributed by atoms with E-state index in [1.165, 1.54) is 5.57 Å². The van der Waals surface area contributed by atoms with Crippen molar-refractivity contribution in [3.63, 3.8) is 0 Å². The van der Waals surface area contributed by atoms with E-state index in [-0.39, 0.29) is 35.9 Å². The fourth-order valence-corrected chi connectivity index (χ4v) is 7.21. The molecule has 0 saturated heterocycles. The topological polar surface area (TPSA) is 80.9 Å². The first kappa shape index (κ1) is 17.0. The molecule has 2 bridgehead atoms. The zero-order valence-corrected chi connectivity index (χ0v) is 15.0. The molecule has 1 spiro atoms. The first-order chi connectivity index (χ1) is 11.3. The third kappa shape index (κ3) is 1.78. The largest absolute Gasteiger partial charge is 0.396 e. The van der Waals surface area contributed by atoms with Crippen LogP contribution in [0.3, 0.4) is 0 Å². The van der Waals surface area contributed by atoms with Gasteiger partial charge < -0.3 is 20.4 Å². The van der Waals surface area contributed by atoms with E-state index >= 15 is 0 Å². The van der Waals surface area contributed by atoms with E-state index in [9.17, 15) is 20.4 Å². The second kappa shape index (κ2) is 5.06. The maximum atomic E-state index is 10.8. The molecular weight excluding hydrogens is 304 g/mol.